The van der Waals surface area contributed by atoms with Gasteiger partial charge in [-0.15, -0.1) is 0 Å². The Morgan fingerprint density at radius 2 is 0.887 bits per heavy atom. The molecule has 0 aromatic rings. The number of aliphatic carboxylic acids is 1. The van der Waals surface area contributed by atoms with Crippen LogP contribution in [0.1, 0.15) is 194 Å². The van der Waals surface area contributed by atoms with Gasteiger partial charge in [-0.2, -0.15) is 0 Å². The molecule has 3 atom stereocenters. The van der Waals surface area contributed by atoms with Gasteiger partial charge in [0.05, 0.1) is 13.2 Å². The summed E-state index contributed by atoms with van der Waals surface area (Å²) in [6, 6.07) is -1.54. The van der Waals surface area contributed by atoms with Crippen molar-refractivity contribution < 1.29 is 47.5 Å². The highest BCUT2D eigenvalue weighted by Gasteiger charge is 2.28. The SMILES string of the molecule is CCCCC/C=C\C/C=C\C/C=C\C/C=C\C/C=C\CCC(=O)O[C@H](COC(=O)CCCCCCCCCCC/C=C\CCCCCCCC)COP(=O)(O)OC[C@H](N)C(=O)O. The molecule has 356 valence electrons. The first-order chi connectivity index (χ1) is 30.1. The van der Waals surface area contributed by atoms with Crippen LogP contribution in [0.2, 0.25) is 0 Å². The summed E-state index contributed by atoms with van der Waals surface area (Å²) in [6.45, 7) is 2.70. The van der Waals surface area contributed by atoms with Crippen molar-refractivity contribution in [2.24, 2.45) is 5.73 Å². The fourth-order valence-corrected chi connectivity index (χ4v) is 6.94. The number of carboxylic acids is 1. The molecule has 0 aliphatic heterocycles. The normalized spacial score (nSPS) is 14.3. The third-order valence-corrected chi connectivity index (χ3v) is 10.9. The minimum absolute atomic E-state index is 0.0347. The molecule has 1 unspecified atom stereocenters. The van der Waals surface area contributed by atoms with E-state index in [0.717, 1.165) is 51.4 Å². The molecule has 4 N–H and O–H groups in total. The Kier molecular flexibility index (Phi) is 42.3. The molecular weight excluding hydrogens is 806 g/mol. The molecule has 0 aliphatic carbocycles. The van der Waals surface area contributed by atoms with E-state index >= 15 is 0 Å². The Morgan fingerprint density at radius 3 is 1.39 bits per heavy atom. The average molecular weight is 892 g/mol. The second kappa shape index (κ2) is 44.5. The van der Waals surface area contributed by atoms with Crippen molar-refractivity contribution in [3.63, 3.8) is 0 Å². The van der Waals surface area contributed by atoms with E-state index in [2.05, 4.69) is 79.1 Å². The van der Waals surface area contributed by atoms with Gasteiger partial charge in [-0.1, -0.05) is 177 Å². The lowest BCUT2D eigenvalue weighted by Crippen LogP contribution is -2.34. The summed E-state index contributed by atoms with van der Waals surface area (Å²) >= 11 is 0. The topological polar surface area (TPSA) is 172 Å². The summed E-state index contributed by atoms with van der Waals surface area (Å²) in [5.74, 6) is -2.49. The summed E-state index contributed by atoms with van der Waals surface area (Å²) < 4.78 is 32.7. The van der Waals surface area contributed by atoms with E-state index in [-0.39, 0.29) is 19.4 Å². The quantitative estimate of drug-likeness (QED) is 0.0230. The molecule has 0 aromatic heterocycles. The lowest BCUT2D eigenvalue weighted by Gasteiger charge is -2.20. The third-order valence-electron chi connectivity index (χ3n) is 9.94. The van der Waals surface area contributed by atoms with E-state index < -0.39 is 51.1 Å². The zero-order valence-corrected chi connectivity index (χ0v) is 39.6. The van der Waals surface area contributed by atoms with E-state index in [0.29, 0.717) is 12.8 Å². The van der Waals surface area contributed by atoms with Gasteiger partial charge in [-0.25, -0.2) is 4.57 Å². The molecule has 0 spiro atoms. The van der Waals surface area contributed by atoms with Gasteiger partial charge in [0.25, 0.3) is 0 Å². The highest BCUT2D eigenvalue weighted by Crippen LogP contribution is 2.43. The lowest BCUT2D eigenvalue weighted by atomic mass is 10.1. The van der Waals surface area contributed by atoms with Crippen LogP contribution in [0.4, 0.5) is 0 Å². The zero-order chi connectivity index (χ0) is 45.6. The van der Waals surface area contributed by atoms with Crippen LogP contribution < -0.4 is 5.73 Å². The summed E-state index contributed by atoms with van der Waals surface area (Å²) in [6.07, 6.45) is 54.1. The van der Waals surface area contributed by atoms with E-state index in [1.165, 1.54) is 103 Å². The van der Waals surface area contributed by atoms with Crippen molar-refractivity contribution in [2.45, 2.75) is 206 Å². The number of phosphoric acid groups is 1. The Balaban J connectivity index is 4.42. The summed E-state index contributed by atoms with van der Waals surface area (Å²) in [5, 5.41) is 8.91. The molecule has 12 heteroatoms. The van der Waals surface area contributed by atoms with Crippen LogP contribution in [0, 0.1) is 0 Å². The molecular formula is C50H86NO10P. The van der Waals surface area contributed by atoms with E-state index in [1.807, 2.05) is 12.2 Å². The smallest absolute Gasteiger partial charge is 0.472 e. The largest absolute Gasteiger partial charge is 0.480 e. The standard InChI is InChI=1S/C50H86NO10P/c1-3-5-7-9-11-13-15-17-19-21-23-25-27-29-31-33-35-37-39-41-48(52)58-43-46(44-59-62(56,57)60-45-47(51)50(54)55)61-49(53)42-40-38-36-34-32-30-28-26-24-22-20-18-16-14-12-10-8-6-4-2/h12,14,17-20,24,26,30,32,36,38,46-47H,3-11,13,15-16,21-23,25,27-29,31,33-35,37,39-45,51H2,1-2H3,(H,54,55)(H,56,57)/b14-12-,19-17-,20-18-,26-24-,32-30-,38-36-/t46-,47+/m1/s1. The number of hydrogen-bond donors (Lipinski definition) is 3. The Morgan fingerprint density at radius 1 is 0.500 bits per heavy atom. The number of nitrogens with two attached hydrogens (primary N) is 1. The van der Waals surface area contributed by atoms with Crippen molar-refractivity contribution in [3.8, 4) is 0 Å². The Bertz CT molecular complexity index is 1320. The zero-order valence-electron chi connectivity index (χ0n) is 38.7. The summed E-state index contributed by atoms with van der Waals surface area (Å²) in [5.41, 5.74) is 5.34. The van der Waals surface area contributed by atoms with Crippen molar-refractivity contribution in [1.82, 2.24) is 0 Å². The third kappa shape index (κ3) is 43.6. The number of carboxylic acid groups (broad SMARTS) is 1. The molecule has 0 saturated carbocycles. The van der Waals surface area contributed by atoms with Crippen LogP contribution in [0.3, 0.4) is 0 Å². The van der Waals surface area contributed by atoms with Crippen molar-refractivity contribution in [2.75, 3.05) is 19.8 Å². The number of ether oxygens (including phenoxy) is 2. The van der Waals surface area contributed by atoms with Gasteiger partial charge in [-0.3, -0.25) is 23.4 Å². The molecule has 0 saturated heterocycles. The highest BCUT2D eigenvalue weighted by molar-refractivity contribution is 7.47. The van der Waals surface area contributed by atoms with Crippen molar-refractivity contribution >= 4 is 25.7 Å². The van der Waals surface area contributed by atoms with Crippen LogP contribution in [-0.4, -0.2) is 59.9 Å². The van der Waals surface area contributed by atoms with Gasteiger partial charge < -0.3 is 25.2 Å². The molecule has 0 fully saturated rings. The first-order valence-corrected chi connectivity index (χ1v) is 25.5. The lowest BCUT2D eigenvalue weighted by molar-refractivity contribution is -0.161. The molecule has 0 bridgehead atoms. The van der Waals surface area contributed by atoms with Gasteiger partial charge >= 0.3 is 25.7 Å². The number of carbonyl (C=O) groups is 3. The molecule has 62 heavy (non-hydrogen) atoms. The monoisotopic (exact) mass is 892 g/mol. The number of unbranched alkanes of at least 4 members (excludes halogenated alkanes) is 18. The van der Waals surface area contributed by atoms with Gasteiger partial charge in [0, 0.05) is 12.8 Å². The van der Waals surface area contributed by atoms with Crippen LogP contribution in [-0.2, 0) is 37.5 Å². The molecule has 0 aliphatic rings. The van der Waals surface area contributed by atoms with Crippen LogP contribution >= 0.6 is 7.82 Å². The Hall–Kier alpha value is -3.08. The highest BCUT2D eigenvalue weighted by atomic mass is 31.2. The number of rotatable bonds is 44. The van der Waals surface area contributed by atoms with Gasteiger partial charge in [0.15, 0.2) is 6.10 Å². The molecule has 0 radical (unpaired) electrons. The number of hydrogen-bond acceptors (Lipinski definition) is 9. The van der Waals surface area contributed by atoms with E-state index in [4.69, 9.17) is 24.8 Å². The van der Waals surface area contributed by atoms with Crippen LogP contribution in [0.5, 0.6) is 0 Å². The van der Waals surface area contributed by atoms with E-state index in [9.17, 15) is 23.8 Å². The maximum atomic E-state index is 12.6. The molecule has 0 rings (SSSR count). The predicted octanol–water partition coefficient (Wildman–Crippen LogP) is 13.3. The molecule has 0 heterocycles. The maximum Gasteiger partial charge on any atom is 0.472 e. The maximum absolute atomic E-state index is 12.6. The van der Waals surface area contributed by atoms with Gasteiger partial charge in [-0.05, 0) is 77.0 Å². The second-order valence-corrected chi connectivity index (χ2v) is 17.3. The van der Waals surface area contributed by atoms with E-state index in [1.54, 1.807) is 0 Å². The number of carbonyl (C=O) groups excluding carboxylic acids is 2. The second-order valence-electron chi connectivity index (χ2n) is 15.9. The van der Waals surface area contributed by atoms with Gasteiger partial charge in [0.1, 0.15) is 12.6 Å². The minimum atomic E-state index is -4.74. The first-order valence-electron chi connectivity index (χ1n) is 24.0. The van der Waals surface area contributed by atoms with Gasteiger partial charge in [0.2, 0.25) is 0 Å². The predicted molar refractivity (Wildman–Crippen MR) is 254 cm³/mol. The molecule has 0 amide bonds. The van der Waals surface area contributed by atoms with Crippen LogP contribution in [0.15, 0.2) is 72.9 Å². The first kappa shape index (κ1) is 58.9. The van der Waals surface area contributed by atoms with Crippen LogP contribution in [0.25, 0.3) is 0 Å². The fraction of sp³-hybridized carbons (Fsp3) is 0.700. The molecule has 11 nitrogen and oxygen atoms in total. The minimum Gasteiger partial charge on any atom is -0.480 e. The fourth-order valence-electron chi connectivity index (χ4n) is 6.16. The van der Waals surface area contributed by atoms with Crippen molar-refractivity contribution in [1.29, 1.82) is 0 Å². The molecule has 0 aromatic carbocycles. The number of esters is 2. The number of phosphoric ester groups is 1. The van der Waals surface area contributed by atoms with Crippen molar-refractivity contribution in [3.05, 3.63) is 72.9 Å². The summed E-state index contributed by atoms with van der Waals surface area (Å²) in [4.78, 5) is 46.0. The summed E-state index contributed by atoms with van der Waals surface area (Å²) in [7, 11) is -4.74. The number of allylic oxidation sites excluding steroid dienone is 12. The average Bonchev–Trinajstić information content (AvgIpc) is 3.25. The Labute approximate surface area is 376 Å².